The van der Waals surface area contributed by atoms with E-state index in [0.717, 1.165) is 0 Å². The fourth-order valence-corrected chi connectivity index (χ4v) is 1.48. The number of nitrogens with one attached hydrogen (secondary N) is 1. The first-order valence-corrected chi connectivity index (χ1v) is 5.59. The lowest BCUT2D eigenvalue weighted by Gasteiger charge is -2.22. The van der Waals surface area contributed by atoms with E-state index in [4.69, 9.17) is 5.26 Å². The lowest BCUT2D eigenvalue weighted by molar-refractivity contribution is 0.0728. The minimum absolute atomic E-state index is 0.168. The first kappa shape index (κ1) is 13.2. The third kappa shape index (κ3) is 3.87. The highest BCUT2D eigenvalue weighted by molar-refractivity contribution is 5.90. The van der Waals surface area contributed by atoms with Gasteiger partial charge in [-0.1, -0.05) is 13.8 Å². The van der Waals surface area contributed by atoms with Crippen molar-refractivity contribution in [1.82, 2.24) is 20.1 Å². The Morgan fingerprint density at radius 1 is 1.59 bits per heavy atom. The van der Waals surface area contributed by atoms with E-state index in [2.05, 4.69) is 15.2 Å². The molecule has 1 heterocycles. The molecule has 1 rings (SSSR count). The van der Waals surface area contributed by atoms with Crippen molar-refractivity contribution in [3.63, 3.8) is 0 Å². The maximum Gasteiger partial charge on any atom is 0.293 e. The average Bonchev–Trinajstić information content (AvgIpc) is 2.69. The molecule has 0 spiro atoms. The van der Waals surface area contributed by atoms with Crippen LogP contribution in [0.2, 0.25) is 0 Å². The lowest BCUT2D eigenvalue weighted by atomic mass is 10.2. The van der Waals surface area contributed by atoms with Gasteiger partial charge in [-0.2, -0.15) is 5.26 Å². The summed E-state index contributed by atoms with van der Waals surface area (Å²) in [5.41, 5.74) is 0. The Morgan fingerprint density at radius 2 is 2.29 bits per heavy atom. The first-order chi connectivity index (χ1) is 8.04. The Morgan fingerprint density at radius 3 is 2.76 bits per heavy atom. The van der Waals surface area contributed by atoms with E-state index >= 15 is 0 Å². The van der Waals surface area contributed by atoms with Gasteiger partial charge < -0.3 is 4.90 Å². The molecule has 0 aromatic carbocycles. The monoisotopic (exact) mass is 235 g/mol. The van der Waals surface area contributed by atoms with Gasteiger partial charge in [0, 0.05) is 13.1 Å². The molecular formula is C11H17N5O. The van der Waals surface area contributed by atoms with Crippen LogP contribution in [-0.4, -0.2) is 39.1 Å². The number of hydrogen-bond acceptors (Lipinski definition) is 4. The number of H-pyrrole nitrogens is 1. The number of aryl methyl sites for hydroxylation is 1. The summed E-state index contributed by atoms with van der Waals surface area (Å²) in [6.45, 7) is 6.81. The van der Waals surface area contributed by atoms with Crippen molar-refractivity contribution < 1.29 is 4.79 Å². The Labute approximate surface area is 101 Å². The summed E-state index contributed by atoms with van der Waals surface area (Å²) in [6.07, 6.45) is 0.321. The van der Waals surface area contributed by atoms with Crippen molar-refractivity contribution in [1.29, 1.82) is 5.26 Å². The summed E-state index contributed by atoms with van der Waals surface area (Å²) in [7, 11) is 0. The third-order valence-corrected chi connectivity index (χ3v) is 2.15. The standard InChI is InChI=1S/C11H17N5O/c1-8(2)7-16(6-4-5-12)11(17)10-13-9(3)14-15-10/h8H,4,6-7H2,1-3H3,(H,13,14,15). The number of aromatic amines is 1. The molecule has 17 heavy (non-hydrogen) atoms. The number of amides is 1. The molecule has 1 aromatic rings. The molecule has 1 N–H and O–H groups in total. The van der Waals surface area contributed by atoms with Gasteiger partial charge in [0.05, 0.1) is 12.5 Å². The van der Waals surface area contributed by atoms with Crippen molar-refractivity contribution >= 4 is 5.91 Å². The molecule has 0 aliphatic carbocycles. The Kier molecular flexibility index (Phi) is 4.64. The highest BCUT2D eigenvalue weighted by atomic mass is 16.2. The predicted molar refractivity (Wildman–Crippen MR) is 62.1 cm³/mol. The second-order valence-electron chi connectivity index (χ2n) is 4.30. The zero-order valence-corrected chi connectivity index (χ0v) is 10.4. The van der Waals surface area contributed by atoms with Crippen LogP contribution in [0.15, 0.2) is 0 Å². The van der Waals surface area contributed by atoms with Gasteiger partial charge in [0.25, 0.3) is 5.91 Å². The molecule has 0 aliphatic heterocycles. The molecule has 0 aliphatic rings. The maximum atomic E-state index is 12.1. The molecule has 0 radical (unpaired) electrons. The fourth-order valence-electron chi connectivity index (χ4n) is 1.48. The summed E-state index contributed by atoms with van der Waals surface area (Å²) >= 11 is 0. The van der Waals surface area contributed by atoms with Gasteiger partial charge in [-0.05, 0) is 12.8 Å². The predicted octanol–water partition coefficient (Wildman–Crippen LogP) is 1.12. The van der Waals surface area contributed by atoms with Gasteiger partial charge in [-0.3, -0.25) is 9.89 Å². The van der Waals surface area contributed by atoms with Crippen molar-refractivity contribution in [2.24, 2.45) is 5.92 Å². The lowest BCUT2D eigenvalue weighted by Crippen LogP contribution is -2.35. The van der Waals surface area contributed by atoms with E-state index < -0.39 is 0 Å². The van der Waals surface area contributed by atoms with Crippen LogP contribution in [0.4, 0.5) is 0 Å². The number of carbonyl (C=O) groups excluding carboxylic acids is 1. The number of carbonyl (C=O) groups is 1. The largest absolute Gasteiger partial charge is 0.335 e. The van der Waals surface area contributed by atoms with Gasteiger partial charge >= 0.3 is 0 Å². The molecule has 0 fully saturated rings. The summed E-state index contributed by atoms with van der Waals surface area (Å²) in [5.74, 6) is 0.898. The van der Waals surface area contributed by atoms with Crippen LogP contribution in [0.1, 0.15) is 36.7 Å². The quantitative estimate of drug-likeness (QED) is 0.828. The van der Waals surface area contributed by atoms with E-state index in [-0.39, 0.29) is 11.7 Å². The zero-order valence-electron chi connectivity index (χ0n) is 10.4. The molecule has 0 saturated carbocycles. The van der Waals surface area contributed by atoms with E-state index in [1.807, 2.05) is 19.9 Å². The Hall–Kier alpha value is -1.90. The number of nitriles is 1. The molecule has 6 heteroatoms. The van der Waals surface area contributed by atoms with Gasteiger partial charge in [0.1, 0.15) is 5.82 Å². The van der Waals surface area contributed by atoms with Gasteiger partial charge in [0.15, 0.2) is 0 Å². The maximum absolute atomic E-state index is 12.1. The van der Waals surface area contributed by atoms with Gasteiger partial charge in [-0.15, -0.1) is 5.10 Å². The van der Waals surface area contributed by atoms with E-state index in [0.29, 0.717) is 31.3 Å². The van der Waals surface area contributed by atoms with Crippen LogP contribution in [0, 0.1) is 24.2 Å². The van der Waals surface area contributed by atoms with Crippen molar-refractivity contribution in [3.05, 3.63) is 11.6 Å². The highest BCUT2D eigenvalue weighted by Gasteiger charge is 2.20. The molecule has 6 nitrogen and oxygen atoms in total. The molecule has 1 aromatic heterocycles. The molecule has 0 bridgehead atoms. The summed E-state index contributed by atoms with van der Waals surface area (Å²) < 4.78 is 0. The van der Waals surface area contributed by atoms with Crippen molar-refractivity contribution in [3.8, 4) is 6.07 Å². The van der Waals surface area contributed by atoms with Crippen LogP contribution >= 0.6 is 0 Å². The summed E-state index contributed by atoms with van der Waals surface area (Å²) in [6, 6.07) is 2.04. The van der Waals surface area contributed by atoms with Crippen LogP contribution < -0.4 is 0 Å². The van der Waals surface area contributed by atoms with Crippen LogP contribution in [0.25, 0.3) is 0 Å². The minimum atomic E-state index is -0.224. The number of rotatable bonds is 5. The normalized spacial score (nSPS) is 10.3. The van der Waals surface area contributed by atoms with E-state index in [1.165, 1.54) is 0 Å². The summed E-state index contributed by atoms with van der Waals surface area (Å²) in [4.78, 5) is 17.7. The zero-order chi connectivity index (χ0) is 12.8. The molecule has 1 amide bonds. The molecule has 92 valence electrons. The average molecular weight is 235 g/mol. The van der Waals surface area contributed by atoms with Crippen LogP contribution in [-0.2, 0) is 0 Å². The third-order valence-electron chi connectivity index (χ3n) is 2.15. The molecule has 0 saturated heterocycles. The Bertz CT molecular complexity index is 418. The fraction of sp³-hybridized carbons (Fsp3) is 0.636. The van der Waals surface area contributed by atoms with Gasteiger partial charge in [-0.25, -0.2) is 4.98 Å². The minimum Gasteiger partial charge on any atom is -0.335 e. The first-order valence-electron chi connectivity index (χ1n) is 5.59. The van der Waals surface area contributed by atoms with E-state index in [1.54, 1.807) is 11.8 Å². The molecule has 0 unspecified atom stereocenters. The van der Waals surface area contributed by atoms with Gasteiger partial charge in [0.2, 0.25) is 5.82 Å². The van der Waals surface area contributed by atoms with Crippen molar-refractivity contribution in [2.45, 2.75) is 27.2 Å². The number of nitrogens with zero attached hydrogens (tertiary/aromatic N) is 4. The highest BCUT2D eigenvalue weighted by Crippen LogP contribution is 2.05. The number of hydrogen-bond donors (Lipinski definition) is 1. The molecular weight excluding hydrogens is 218 g/mol. The smallest absolute Gasteiger partial charge is 0.293 e. The van der Waals surface area contributed by atoms with E-state index in [9.17, 15) is 4.79 Å². The Balaban J connectivity index is 2.75. The van der Waals surface area contributed by atoms with Crippen LogP contribution in [0.5, 0.6) is 0 Å². The van der Waals surface area contributed by atoms with Crippen LogP contribution in [0.3, 0.4) is 0 Å². The number of aromatic nitrogens is 3. The topological polar surface area (TPSA) is 85.7 Å². The van der Waals surface area contributed by atoms with Crippen molar-refractivity contribution in [2.75, 3.05) is 13.1 Å². The second-order valence-corrected chi connectivity index (χ2v) is 4.30. The second kappa shape index (κ2) is 5.99. The molecule has 0 atom stereocenters. The summed E-state index contributed by atoms with van der Waals surface area (Å²) in [5, 5.41) is 15.1. The SMILES string of the molecule is Cc1nc(C(=O)N(CCC#N)CC(C)C)n[nH]1.